The molecule has 0 bridgehead atoms. The molecule has 2 amide bonds. The summed E-state index contributed by atoms with van der Waals surface area (Å²) in [5, 5.41) is 0. The number of amides is 2. The molecular weight excluding hydrogens is 308 g/mol. The molecule has 1 spiro atoms. The quantitative estimate of drug-likeness (QED) is 0.834. The number of likely N-dealkylation sites (tertiary alicyclic amines) is 1. The molecule has 0 radical (unpaired) electrons. The number of ether oxygens (including phenoxy) is 1. The van der Waals surface area contributed by atoms with Gasteiger partial charge in [-0.3, -0.25) is 14.5 Å². The summed E-state index contributed by atoms with van der Waals surface area (Å²) in [6.45, 7) is 1.86. The molecule has 3 heterocycles. The molecule has 6 nitrogen and oxygen atoms in total. The van der Waals surface area contributed by atoms with Crippen LogP contribution in [0.2, 0.25) is 0 Å². The summed E-state index contributed by atoms with van der Waals surface area (Å²) >= 11 is 0. The standard InChI is InChI=1S/C18H24N2O4/c21-16(19-10-4-5-11-19)14-13-24-18(8-2-1-3-9-18)20(14)17(22)15-7-6-12-23-15/h6-7,12,14H,1-5,8-11,13H2/t14-/m1/s1. The highest BCUT2D eigenvalue weighted by molar-refractivity contribution is 5.96. The predicted molar refractivity (Wildman–Crippen MR) is 86.2 cm³/mol. The third-order valence-electron chi connectivity index (χ3n) is 5.55. The first-order valence-corrected chi connectivity index (χ1v) is 9.01. The van der Waals surface area contributed by atoms with Crippen LogP contribution in [-0.2, 0) is 9.53 Å². The smallest absolute Gasteiger partial charge is 0.292 e. The maximum Gasteiger partial charge on any atom is 0.292 e. The van der Waals surface area contributed by atoms with E-state index in [1.165, 1.54) is 6.26 Å². The van der Waals surface area contributed by atoms with Crippen molar-refractivity contribution in [1.29, 1.82) is 0 Å². The molecule has 2 aliphatic heterocycles. The lowest BCUT2D eigenvalue weighted by molar-refractivity contribution is -0.136. The van der Waals surface area contributed by atoms with Gasteiger partial charge in [0.1, 0.15) is 11.8 Å². The van der Waals surface area contributed by atoms with Gasteiger partial charge in [0, 0.05) is 13.1 Å². The lowest BCUT2D eigenvalue weighted by Gasteiger charge is -2.41. The Morgan fingerprint density at radius 3 is 2.50 bits per heavy atom. The minimum Gasteiger partial charge on any atom is -0.459 e. The average Bonchev–Trinajstić information content (AvgIpc) is 3.36. The van der Waals surface area contributed by atoms with Gasteiger partial charge in [0.05, 0.1) is 12.9 Å². The number of carbonyl (C=O) groups excluding carboxylic acids is 2. The Hall–Kier alpha value is -1.82. The molecule has 24 heavy (non-hydrogen) atoms. The van der Waals surface area contributed by atoms with Crippen LogP contribution in [0.3, 0.4) is 0 Å². The molecule has 130 valence electrons. The second kappa shape index (κ2) is 6.24. The van der Waals surface area contributed by atoms with Crippen LogP contribution in [0, 0.1) is 0 Å². The van der Waals surface area contributed by atoms with E-state index in [1.807, 2.05) is 4.90 Å². The van der Waals surface area contributed by atoms with Gasteiger partial charge in [-0.05, 0) is 50.7 Å². The number of hydrogen-bond acceptors (Lipinski definition) is 4. The van der Waals surface area contributed by atoms with Gasteiger partial charge in [0.2, 0.25) is 5.91 Å². The minimum absolute atomic E-state index is 0.0230. The molecule has 1 aliphatic carbocycles. The van der Waals surface area contributed by atoms with Gasteiger partial charge >= 0.3 is 0 Å². The summed E-state index contributed by atoms with van der Waals surface area (Å²) in [5.41, 5.74) is -0.637. The van der Waals surface area contributed by atoms with E-state index in [9.17, 15) is 9.59 Å². The van der Waals surface area contributed by atoms with Crippen LogP contribution in [0.25, 0.3) is 0 Å². The van der Waals surface area contributed by atoms with Crippen LogP contribution in [0.4, 0.5) is 0 Å². The fourth-order valence-corrected chi connectivity index (χ4v) is 4.33. The number of rotatable bonds is 2. The maximum atomic E-state index is 13.1. The van der Waals surface area contributed by atoms with Crippen LogP contribution in [0.15, 0.2) is 22.8 Å². The molecule has 1 aromatic rings. The van der Waals surface area contributed by atoms with Crippen molar-refractivity contribution in [2.45, 2.75) is 56.7 Å². The Morgan fingerprint density at radius 1 is 1.08 bits per heavy atom. The van der Waals surface area contributed by atoms with Gasteiger partial charge in [0.15, 0.2) is 5.76 Å². The first-order chi connectivity index (χ1) is 11.7. The fraction of sp³-hybridized carbons (Fsp3) is 0.667. The number of furan rings is 1. The Bertz CT molecular complexity index is 601. The van der Waals surface area contributed by atoms with Crippen molar-refractivity contribution in [3.63, 3.8) is 0 Å². The molecule has 6 heteroatoms. The van der Waals surface area contributed by atoms with E-state index >= 15 is 0 Å². The van der Waals surface area contributed by atoms with Gasteiger partial charge in [-0.2, -0.15) is 0 Å². The third kappa shape index (κ3) is 2.53. The van der Waals surface area contributed by atoms with Crippen LogP contribution < -0.4 is 0 Å². The zero-order valence-electron chi connectivity index (χ0n) is 13.9. The van der Waals surface area contributed by atoms with Crippen molar-refractivity contribution < 1.29 is 18.7 Å². The van der Waals surface area contributed by atoms with Crippen molar-refractivity contribution in [2.24, 2.45) is 0 Å². The minimum atomic E-state index is -0.637. The van der Waals surface area contributed by atoms with E-state index in [2.05, 4.69) is 0 Å². The normalized spacial score (nSPS) is 26.2. The second-order valence-corrected chi connectivity index (χ2v) is 7.02. The Balaban J connectivity index is 1.65. The molecule has 1 aromatic heterocycles. The van der Waals surface area contributed by atoms with Crippen molar-refractivity contribution in [3.05, 3.63) is 24.2 Å². The van der Waals surface area contributed by atoms with Crippen LogP contribution >= 0.6 is 0 Å². The molecular formula is C18H24N2O4. The van der Waals surface area contributed by atoms with Gasteiger partial charge in [-0.15, -0.1) is 0 Å². The van der Waals surface area contributed by atoms with E-state index in [0.29, 0.717) is 6.61 Å². The first kappa shape index (κ1) is 15.7. The van der Waals surface area contributed by atoms with E-state index in [4.69, 9.17) is 9.15 Å². The van der Waals surface area contributed by atoms with Crippen LogP contribution in [0.1, 0.15) is 55.5 Å². The average molecular weight is 332 g/mol. The second-order valence-electron chi connectivity index (χ2n) is 7.02. The van der Waals surface area contributed by atoms with E-state index in [-0.39, 0.29) is 17.6 Å². The number of nitrogens with zero attached hydrogens (tertiary/aromatic N) is 2. The first-order valence-electron chi connectivity index (χ1n) is 9.01. The molecule has 0 unspecified atom stereocenters. The summed E-state index contributed by atoms with van der Waals surface area (Å²) in [6, 6.07) is 2.84. The van der Waals surface area contributed by atoms with E-state index in [0.717, 1.165) is 58.0 Å². The summed E-state index contributed by atoms with van der Waals surface area (Å²) in [4.78, 5) is 29.6. The van der Waals surface area contributed by atoms with Gasteiger partial charge in [-0.25, -0.2) is 0 Å². The molecule has 0 aromatic carbocycles. The van der Waals surface area contributed by atoms with Gasteiger partial charge < -0.3 is 14.1 Å². The molecule has 4 rings (SSSR count). The van der Waals surface area contributed by atoms with Gasteiger partial charge in [-0.1, -0.05) is 6.42 Å². The van der Waals surface area contributed by atoms with Crippen molar-refractivity contribution in [2.75, 3.05) is 19.7 Å². The molecule has 3 fully saturated rings. The largest absolute Gasteiger partial charge is 0.459 e. The zero-order valence-corrected chi connectivity index (χ0v) is 13.9. The highest BCUT2D eigenvalue weighted by Crippen LogP contribution is 2.41. The summed E-state index contributed by atoms with van der Waals surface area (Å²) < 4.78 is 11.4. The Morgan fingerprint density at radius 2 is 1.83 bits per heavy atom. The lowest BCUT2D eigenvalue weighted by atomic mass is 9.90. The Kier molecular flexibility index (Phi) is 4.08. The Labute approximate surface area is 141 Å². The van der Waals surface area contributed by atoms with Crippen LogP contribution in [-0.4, -0.2) is 53.1 Å². The molecule has 1 atom stereocenters. The maximum absolute atomic E-state index is 13.1. The monoisotopic (exact) mass is 332 g/mol. The van der Waals surface area contributed by atoms with E-state index in [1.54, 1.807) is 17.0 Å². The summed E-state index contributed by atoms with van der Waals surface area (Å²) in [7, 11) is 0. The van der Waals surface area contributed by atoms with Crippen molar-refractivity contribution >= 4 is 11.8 Å². The van der Waals surface area contributed by atoms with Crippen LogP contribution in [0.5, 0.6) is 0 Å². The lowest BCUT2D eigenvalue weighted by Crippen LogP contribution is -2.56. The molecule has 1 saturated carbocycles. The summed E-state index contributed by atoms with van der Waals surface area (Å²) in [5.74, 6) is 0.0801. The SMILES string of the molecule is O=C([C@H]1COC2(CCCCC2)N1C(=O)c1ccco1)N1CCCC1. The van der Waals surface area contributed by atoms with Crippen molar-refractivity contribution in [1.82, 2.24) is 9.80 Å². The molecule has 2 saturated heterocycles. The molecule has 3 aliphatic rings. The van der Waals surface area contributed by atoms with Crippen molar-refractivity contribution in [3.8, 4) is 0 Å². The summed E-state index contributed by atoms with van der Waals surface area (Å²) in [6.07, 6.45) is 8.35. The fourth-order valence-electron chi connectivity index (χ4n) is 4.33. The highest BCUT2D eigenvalue weighted by atomic mass is 16.5. The molecule has 0 N–H and O–H groups in total. The third-order valence-corrected chi connectivity index (χ3v) is 5.55. The number of carbonyl (C=O) groups is 2. The predicted octanol–water partition coefficient (Wildman–Crippen LogP) is 2.40. The van der Waals surface area contributed by atoms with E-state index < -0.39 is 11.8 Å². The number of hydrogen-bond donors (Lipinski definition) is 0. The highest BCUT2D eigenvalue weighted by Gasteiger charge is 2.54. The van der Waals surface area contributed by atoms with Gasteiger partial charge in [0.25, 0.3) is 5.91 Å². The zero-order chi connectivity index (χ0) is 16.6. The topological polar surface area (TPSA) is 63.0 Å².